The van der Waals surface area contributed by atoms with Crippen LogP contribution in [0, 0.1) is 5.82 Å². The van der Waals surface area contributed by atoms with E-state index in [4.69, 9.17) is 9.47 Å². The maximum Gasteiger partial charge on any atom is 0.250 e. The number of halogens is 1. The fraction of sp³-hybridized carbons (Fsp3) is 0.512. The third-order valence-corrected chi connectivity index (χ3v) is 21.4. The lowest BCUT2D eigenvalue weighted by molar-refractivity contribution is -0.870. The quantitative estimate of drug-likeness (QED) is 0.0634. The fourth-order valence-corrected chi connectivity index (χ4v) is 15.0. The zero-order valence-corrected chi connectivity index (χ0v) is 65.0. The number of hydrogen-bond acceptors (Lipinski definition) is 15. The van der Waals surface area contributed by atoms with Crippen LogP contribution in [0.5, 0.6) is 5.75 Å². The topological polar surface area (TPSA) is 366 Å². The number of aliphatic hydroxyl groups excluding tert-OH is 1. The Morgan fingerprint density at radius 2 is 1.42 bits per heavy atom. The molecule has 0 radical (unpaired) electrons. The maximum atomic E-state index is 16.2. The molecular formula is C82H108FN14O15+. The number of rotatable bonds is 12. The molecule has 0 saturated carbocycles. The Bertz CT molecular complexity index is 4280. The average Bonchev–Trinajstić information content (AvgIpc) is 1.63. The number of nitrogens with one attached hydrogen (secondary N) is 9. The van der Waals surface area contributed by atoms with Crippen molar-refractivity contribution in [1.82, 2.24) is 67.1 Å². The number of aromatic nitrogens is 1. The van der Waals surface area contributed by atoms with Gasteiger partial charge in [0.05, 0.1) is 40.9 Å². The van der Waals surface area contributed by atoms with E-state index < -0.39 is 150 Å². The average molecular weight is 1550 g/mol. The van der Waals surface area contributed by atoms with Crippen LogP contribution in [-0.2, 0) is 108 Å². The summed E-state index contributed by atoms with van der Waals surface area (Å²) in [5, 5.41) is 37.0. The first-order valence-corrected chi connectivity index (χ1v) is 38.9. The normalized spacial score (nSPS) is 24.8. The van der Waals surface area contributed by atoms with Gasteiger partial charge in [-0.15, -0.1) is 0 Å². The van der Waals surface area contributed by atoms with Gasteiger partial charge in [-0.3, -0.25) is 57.5 Å². The van der Waals surface area contributed by atoms with Gasteiger partial charge in [0, 0.05) is 108 Å². The summed E-state index contributed by atoms with van der Waals surface area (Å²) in [6, 6.07) is 13.7. The van der Waals surface area contributed by atoms with Crippen molar-refractivity contribution in [3.05, 3.63) is 149 Å². The van der Waals surface area contributed by atoms with E-state index in [-0.39, 0.29) is 70.6 Å². The van der Waals surface area contributed by atoms with Crippen molar-refractivity contribution in [2.45, 2.75) is 203 Å². The number of fused-ring (bicyclic) bond motifs is 16. The molecule has 112 heavy (non-hydrogen) atoms. The smallest absolute Gasteiger partial charge is 0.250 e. The van der Waals surface area contributed by atoms with Gasteiger partial charge in [0.15, 0.2) is 0 Å². The van der Waals surface area contributed by atoms with Gasteiger partial charge in [-0.25, -0.2) is 4.39 Å². The number of aryl methyl sites for hydroxylation is 1. The summed E-state index contributed by atoms with van der Waals surface area (Å²) in [5.74, 6) is -9.28. The number of carbonyl (C=O) groups excluding carboxylic acids is 12. The summed E-state index contributed by atoms with van der Waals surface area (Å²) in [5.41, 5.74) is 2.69. The minimum absolute atomic E-state index is 0.0735. The number of aliphatic hydroxyl groups is 1. The standard InChI is InChI=1S/C82H107FN14O15/c1-51-74(103)91-65(47-86-68(99)19-11-10-14-40-97(4,5)6)76(105)88-62-43-56-17-15-18-57(41-56)46-85-70(101)50-112-67-33-39-95-73(67)78(107)92-72(52(2)98)77(106)90-63(42-54-24-27-60(111-7)28-25-54)80(109)96-38-16-34-82(96,3)81(110)84-35-32-53-20-22-55(23-21-53)48-94(71(102)31-30-69(100)87-51)37-13-9-8-12-36-93-49-58(44-64(79(95)108)89-75(62)104)61-45-59(83)26-29-66(61)93/h15,17-18,20-29,33,39,41,45,49,51-52,62-65,67,72-73,98H,8-14,16,19,30-32,34-38,40,42-44,46-48,50H2,1-7H3,(H8-,84,85,86,87,88,89,90,91,92,99,100,101,103,104,105,106,107,110)/p+1/t51-,52+,62-,63-,64-,65+,67-,72-,73?,82-/m0/s1. The Balaban J connectivity index is 1.08. The fourth-order valence-electron chi connectivity index (χ4n) is 15.0. The van der Waals surface area contributed by atoms with Crippen molar-refractivity contribution in [2.75, 3.05) is 67.6 Å². The Morgan fingerprint density at radius 3 is 2.16 bits per heavy atom. The van der Waals surface area contributed by atoms with Crippen LogP contribution >= 0.6 is 0 Å². The van der Waals surface area contributed by atoms with Gasteiger partial charge in [-0.2, -0.15) is 0 Å². The van der Waals surface area contributed by atoms with Crippen LogP contribution in [0.25, 0.3) is 10.9 Å². The summed E-state index contributed by atoms with van der Waals surface area (Å²) in [4.78, 5) is 182. The molecule has 29 nitrogen and oxygen atoms in total. The van der Waals surface area contributed by atoms with E-state index in [1.807, 2.05) is 28.8 Å². The van der Waals surface area contributed by atoms with Crippen molar-refractivity contribution < 1.29 is 81.0 Å². The lowest BCUT2D eigenvalue weighted by atomic mass is 9.95. The molecule has 5 aromatic rings. The van der Waals surface area contributed by atoms with Crippen molar-refractivity contribution in [2.24, 2.45) is 0 Å². The van der Waals surface area contributed by atoms with Crippen LogP contribution in [0.3, 0.4) is 0 Å². The molecule has 10 atom stereocenters. The number of ether oxygens (including phenoxy) is 2. The number of unbranched alkanes of at least 4 members (excludes halogenated alkanes) is 2. The highest BCUT2D eigenvalue weighted by Crippen LogP contribution is 2.32. The molecule has 1 aromatic heterocycles. The highest BCUT2D eigenvalue weighted by Gasteiger charge is 2.49. The molecule has 11 rings (SSSR count). The molecule has 4 aromatic carbocycles. The predicted molar refractivity (Wildman–Crippen MR) is 413 cm³/mol. The van der Waals surface area contributed by atoms with Crippen molar-refractivity contribution in [3.8, 4) is 5.75 Å². The summed E-state index contributed by atoms with van der Waals surface area (Å²) < 4.78 is 30.1. The second kappa shape index (κ2) is 38.6. The minimum atomic E-state index is -1.88. The lowest BCUT2D eigenvalue weighted by Gasteiger charge is -2.37. The Kier molecular flexibility index (Phi) is 28.9. The number of amides is 12. The third kappa shape index (κ3) is 22.6. The molecule has 6 aliphatic rings. The van der Waals surface area contributed by atoms with E-state index in [9.17, 15) is 33.9 Å². The van der Waals surface area contributed by atoms with E-state index >= 15 is 33.2 Å². The molecule has 0 aliphatic carbocycles. The summed E-state index contributed by atoms with van der Waals surface area (Å²) >= 11 is 0. The van der Waals surface area contributed by atoms with Gasteiger partial charge in [0.25, 0.3) is 0 Å². The van der Waals surface area contributed by atoms with Gasteiger partial charge < -0.3 is 86.2 Å². The molecule has 0 spiro atoms. The Labute approximate surface area is 652 Å². The zero-order chi connectivity index (χ0) is 80.4. The van der Waals surface area contributed by atoms with Gasteiger partial charge in [0.1, 0.15) is 72.1 Å². The molecule has 10 N–H and O–H groups in total. The first-order chi connectivity index (χ1) is 53.5. The third-order valence-electron chi connectivity index (χ3n) is 21.4. The summed E-state index contributed by atoms with van der Waals surface area (Å²) in [7, 11) is 7.68. The lowest BCUT2D eigenvalue weighted by Crippen LogP contribution is -2.64. The Morgan fingerprint density at radius 1 is 0.696 bits per heavy atom. The van der Waals surface area contributed by atoms with E-state index in [1.54, 1.807) is 72.6 Å². The van der Waals surface area contributed by atoms with Crippen LogP contribution in [-0.4, -0.2) is 227 Å². The highest BCUT2D eigenvalue weighted by atomic mass is 19.1. The number of carbonyl (C=O) groups is 12. The highest BCUT2D eigenvalue weighted by molar-refractivity contribution is 6.01. The SMILES string of the molecule is COc1ccc(C[C@@H]2NC(=O)[C@H]([C@@H](C)O)NC(=O)C3[C@@H]4C=CN3C(=O)[C@@H]3Cc5cn(c6ccc(F)cc56)CCCCCCN(Cc5ccc(cc5)CCNC(=O)[C@]5(C)CCCN5C2=O)C(=O)CCC(=O)N[C@@H](C)C(=O)N[C@H](CNC(=O)CCCCC[N+](C)(C)C)C(=O)N[C@@H](Cc2cccc(c2)CNC(=O)CO4)C(=O)N3)cc1. The van der Waals surface area contributed by atoms with Crippen LogP contribution in [0.2, 0.25) is 0 Å². The maximum absolute atomic E-state index is 16.2. The van der Waals surface area contributed by atoms with E-state index in [2.05, 4.69) is 69.0 Å². The zero-order valence-electron chi connectivity index (χ0n) is 65.0. The second-order valence-electron chi connectivity index (χ2n) is 31.2. The number of methoxy groups -OCH3 is 1. The van der Waals surface area contributed by atoms with E-state index in [1.165, 1.54) is 50.3 Å². The van der Waals surface area contributed by atoms with Gasteiger partial charge in [0.2, 0.25) is 70.9 Å². The van der Waals surface area contributed by atoms with Gasteiger partial charge in [-0.1, -0.05) is 73.5 Å². The van der Waals surface area contributed by atoms with Gasteiger partial charge >= 0.3 is 0 Å². The molecule has 12 amide bonds. The van der Waals surface area contributed by atoms with Crippen molar-refractivity contribution >= 4 is 81.8 Å². The molecule has 602 valence electrons. The van der Waals surface area contributed by atoms with Crippen LogP contribution in [0.15, 0.2) is 109 Å². The molecule has 12 bridgehead atoms. The summed E-state index contributed by atoms with van der Waals surface area (Å²) in [6.07, 6.45) is 5.35. The van der Waals surface area contributed by atoms with E-state index in [0.717, 1.165) is 39.9 Å². The largest absolute Gasteiger partial charge is 0.497 e. The molecular weight excluding hydrogens is 1440 g/mol. The number of quaternary nitrogens is 1. The number of hydrogen-bond donors (Lipinski definition) is 10. The molecule has 30 heteroatoms. The van der Waals surface area contributed by atoms with Crippen LogP contribution in [0.1, 0.15) is 131 Å². The van der Waals surface area contributed by atoms with Crippen molar-refractivity contribution in [3.63, 3.8) is 0 Å². The molecule has 1 unspecified atom stereocenters. The van der Waals surface area contributed by atoms with Gasteiger partial charge in [-0.05, 0) is 142 Å². The monoisotopic (exact) mass is 1550 g/mol. The number of nitrogens with zero attached hydrogens (tertiary/aromatic N) is 5. The minimum Gasteiger partial charge on any atom is -0.497 e. The molecule has 6 aliphatic heterocycles. The van der Waals surface area contributed by atoms with Crippen LogP contribution in [0.4, 0.5) is 4.39 Å². The van der Waals surface area contributed by atoms with E-state index in [0.29, 0.717) is 96.9 Å². The Hall–Kier alpha value is -10.6. The number of benzene rings is 4. The second-order valence-corrected chi connectivity index (χ2v) is 31.2. The predicted octanol–water partition coefficient (Wildman–Crippen LogP) is 2.69. The van der Waals surface area contributed by atoms with Crippen molar-refractivity contribution in [1.29, 1.82) is 0 Å². The molecule has 7 heterocycles. The molecule has 1 saturated heterocycles. The summed E-state index contributed by atoms with van der Waals surface area (Å²) in [6.45, 7) is 5.01. The first-order valence-electron chi connectivity index (χ1n) is 38.9. The first kappa shape index (κ1) is 83.9. The molecule has 1 fully saturated rings. The van der Waals surface area contributed by atoms with Crippen LogP contribution < -0.4 is 52.6 Å².